The number of benzene rings is 2. The first kappa shape index (κ1) is 18.3. The number of aromatic nitrogens is 1. The molecule has 0 saturated heterocycles. The zero-order valence-electron chi connectivity index (χ0n) is 13.8. The number of ether oxygens (including phenoxy) is 1. The van der Waals surface area contributed by atoms with Gasteiger partial charge in [-0.3, -0.25) is 9.59 Å². The van der Waals surface area contributed by atoms with E-state index in [0.29, 0.717) is 21.5 Å². The van der Waals surface area contributed by atoms with Crippen molar-refractivity contribution in [2.24, 2.45) is 0 Å². The first-order chi connectivity index (χ1) is 12.5. The lowest BCUT2D eigenvalue weighted by molar-refractivity contribution is -0.150. The molecule has 0 aliphatic heterocycles. The summed E-state index contributed by atoms with van der Waals surface area (Å²) in [5.74, 6) is -0.964. The molecule has 26 heavy (non-hydrogen) atoms. The monoisotopic (exact) mass is 390 g/mol. The molecule has 0 spiro atoms. The predicted octanol–water partition coefficient (Wildman–Crippen LogP) is 4.14. The Morgan fingerprint density at radius 1 is 1.23 bits per heavy atom. The van der Waals surface area contributed by atoms with Gasteiger partial charge < -0.3 is 14.5 Å². The van der Waals surface area contributed by atoms with Crippen molar-refractivity contribution in [1.82, 2.24) is 4.98 Å². The van der Waals surface area contributed by atoms with E-state index in [-0.39, 0.29) is 5.75 Å². The zero-order valence-corrected chi connectivity index (χ0v) is 15.3. The fourth-order valence-corrected chi connectivity index (χ4v) is 2.84. The summed E-state index contributed by atoms with van der Waals surface area (Å²) in [5.41, 5.74) is 1.95. The molecule has 6 nitrogen and oxygen atoms in total. The molecule has 1 amide bonds. The Hall–Kier alpha value is -2.51. The highest BCUT2D eigenvalue weighted by Gasteiger charge is 2.19. The molecule has 1 N–H and O–H groups in total. The van der Waals surface area contributed by atoms with Crippen molar-refractivity contribution in [2.75, 3.05) is 11.1 Å². The Kier molecular flexibility index (Phi) is 5.80. The van der Waals surface area contributed by atoms with E-state index in [1.807, 2.05) is 18.2 Å². The second kappa shape index (κ2) is 8.25. The van der Waals surface area contributed by atoms with Gasteiger partial charge in [-0.15, -0.1) is 0 Å². The van der Waals surface area contributed by atoms with Crippen LogP contribution >= 0.6 is 23.4 Å². The first-order valence-corrected chi connectivity index (χ1v) is 9.12. The summed E-state index contributed by atoms with van der Waals surface area (Å²) in [6.45, 7) is 1.51. The third-order valence-electron chi connectivity index (χ3n) is 3.38. The van der Waals surface area contributed by atoms with Crippen LogP contribution in [0, 0.1) is 0 Å². The van der Waals surface area contributed by atoms with Crippen LogP contribution < -0.4 is 5.32 Å². The van der Waals surface area contributed by atoms with E-state index in [4.69, 9.17) is 20.8 Å². The summed E-state index contributed by atoms with van der Waals surface area (Å²) >= 11 is 6.91. The smallest absolute Gasteiger partial charge is 0.317 e. The number of esters is 1. The molecule has 1 heterocycles. The third kappa shape index (κ3) is 4.77. The molecule has 1 atom stereocenters. The fourth-order valence-electron chi connectivity index (χ4n) is 2.10. The van der Waals surface area contributed by atoms with Crippen molar-refractivity contribution in [2.45, 2.75) is 18.3 Å². The molecule has 0 fully saturated rings. The minimum absolute atomic E-state index is 0.00854. The maximum absolute atomic E-state index is 12.1. The number of fused-ring (bicyclic) bond motifs is 1. The van der Waals surface area contributed by atoms with E-state index in [0.717, 1.165) is 17.3 Å². The Morgan fingerprint density at radius 2 is 1.96 bits per heavy atom. The number of para-hydroxylation sites is 2. The van der Waals surface area contributed by atoms with Gasteiger partial charge in [-0.1, -0.05) is 35.5 Å². The summed E-state index contributed by atoms with van der Waals surface area (Å²) in [6, 6.07) is 14.0. The van der Waals surface area contributed by atoms with Crippen molar-refractivity contribution in [3.05, 3.63) is 53.6 Å². The summed E-state index contributed by atoms with van der Waals surface area (Å²) in [5, 5.41) is 3.60. The van der Waals surface area contributed by atoms with Gasteiger partial charge in [0.05, 0.1) is 0 Å². The van der Waals surface area contributed by atoms with Crippen LogP contribution in [0.15, 0.2) is 58.2 Å². The van der Waals surface area contributed by atoms with E-state index >= 15 is 0 Å². The van der Waals surface area contributed by atoms with Gasteiger partial charge in [0.15, 0.2) is 11.7 Å². The average molecular weight is 391 g/mol. The van der Waals surface area contributed by atoms with Crippen LogP contribution in [0.5, 0.6) is 0 Å². The van der Waals surface area contributed by atoms with E-state index in [1.54, 1.807) is 30.3 Å². The average Bonchev–Trinajstić information content (AvgIpc) is 3.05. The van der Waals surface area contributed by atoms with Gasteiger partial charge in [-0.2, -0.15) is 0 Å². The van der Waals surface area contributed by atoms with E-state index in [9.17, 15) is 9.59 Å². The minimum atomic E-state index is -0.928. The van der Waals surface area contributed by atoms with Gasteiger partial charge in [-0.25, -0.2) is 4.98 Å². The van der Waals surface area contributed by atoms with Gasteiger partial charge in [0.1, 0.15) is 11.3 Å². The van der Waals surface area contributed by atoms with Gasteiger partial charge in [-0.05, 0) is 43.3 Å². The molecule has 3 aromatic rings. The van der Waals surface area contributed by atoms with Crippen LogP contribution in [0.3, 0.4) is 0 Å². The number of amides is 1. The summed E-state index contributed by atoms with van der Waals surface area (Å²) in [6.07, 6.45) is -0.928. The summed E-state index contributed by atoms with van der Waals surface area (Å²) in [7, 11) is 0. The highest BCUT2D eigenvalue weighted by Crippen LogP contribution is 2.23. The molecule has 0 saturated carbocycles. The van der Waals surface area contributed by atoms with E-state index in [2.05, 4.69) is 10.3 Å². The molecule has 8 heteroatoms. The number of carbonyl (C=O) groups is 2. The lowest BCUT2D eigenvalue weighted by atomic mass is 10.3. The number of carbonyl (C=O) groups excluding carboxylic acids is 2. The fraction of sp³-hybridized carbons (Fsp3) is 0.167. The molecule has 2 aromatic carbocycles. The maximum Gasteiger partial charge on any atom is 0.317 e. The number of hydrogen-bond donors (Lipinski definition) is 1. The van der Waals surface area contributed by atoms with Crippen LogP contribution in [0.4, 0.5) is 5.69 Å². The van der Waals surface area contributed by atoms with Crippen LogP contribution in [0.2, 0.25) is 5.02 Å². The molecule has 3 rings (SSSR count). The number of anilines is 1. The van der Waals surface area contributed by atoms with Gasteiger partial charge in [0.2, 0.25) is 0 Å². The third-order valence-corrected chi connectivity index (χ3v) is 4.43. The van der Waals surface area contributed by atoms with Crippen molar-refractivity contribution >= 4 is 52.0 Å². The van der Waals surface area contributed by atoms with Crippen LogP contribution in [0.25, 0.3) is 11.1 Å². The van der Waals surface area contributed by atoms with Gasteiger partial charge in [0.25, 0.3) is 11.1 Å². The lowest BCUT2D eigenvalue weighted by Crippen LogP contribution is -2.30. The SMILES string of the molecule is C[C@H](OC(=O)CSc1nc2ccccc2o1)C(=O)Nc1ccc(Cl)cc1. The van der Waals surface area contributed by atoms with Crippen molar-refractivity contribution in [3.8, 4) is 0 Å². The number of oxazole rings is 1. The lowest BCUT2D eigenvalue weighted by Gasteiger charge is -2.13. The van der Waals surface area contributed by atoms with Crippen molar-refractivity contribution < 1.29 is 18.7 Å². The number of nitrogens with zero attached hydrogens (tertiary/aromatic N) is 1. The van der Waals surface area contributed by atoms with Gasteiger partial charge >= 0.3 is 5.97 Å². The molecule has 0 aliphatic rings. The number of hydrogen-bond acceptors (Lipinski definition) is 6. The minimum Gasteiger partial charge on any atom is -0.452 e. The second-order valence-electron chi connectivity index (χ2n) is 5.36. The quantitative estimate of drug-likeness (QED) is 0.503. The molecule has 0 radical (unpaired) electrons. The Morgan fingerprint density at radius 3 is 2.69 bits per heavy atom. The standard InChI is InChI=1S/C18H15ClN2O4S/c1-11(17(23)20-13-8-6-12(19)7-9-13)24-16(22)10-26-18-21-14-4-2-3-5-15(14)25-18/h2-9,11H,10H2,1H3,(H,20,23)/t11-/m0/s1. The molecule has 0 unspecified atom stereocenters. The first-order valence-electron chi connectivity index (χ1n) is 7.75. The van der Waals surface area contributed by atoms with Crippen molar-refractivity contribution in [3.63, 3.8) is 0 Å². The Balaban J connectivity index is 1.48. The van der Waals surface area contributed by atoms with Crippen LogP contribution in [-0.2, 0) is 14.3 Å². The van der Waals surface area contributed by atoms with Crippen LogP contribution in [-0.4, -0.2) is 28.7 Å². The van der Waals surface area contributed by atoms with Gasteiger partial charge in [0, 0.05) is 10.7 Å². The number of halogens is 1. The number of nitrogens with one attached hydrogen (secondary N) is 1. The predicted molar refractivity (Wildman–Crippen MR) is 100 cm³/mol. The molecule has 134 valence electrons. The molecule has 0 aliphatic carbocycles. The largest absolute Gasteiger partial charge is 0.452 e. The molecule has 0 bridgehead atoms. The second-order valence-corrected chi connectivity index (χ2v) is 6.73. The summed E-state index contributed by atoms with van der Waals surface area (Å²) < 4.78 is 10.7. The molecule has 1 aromatic heterocycles. The highest BCUT2D eigenvalue weighted by molar-refractivity contribution is 7.99. The normalized spacial score (nSPS) is 11.9. The molecular formula is C18H15ClN2O4S. The van der Waals surface area contributed by atoms with E-state index < -0.39 is 18.0 Å². The Bertz CT molecular complexity index is 893. The number of thioether (sulfide) groups is 1. The molecular weight excluding hydrogens is 376 g/mol. The maximum atomic E-state index is 12.1. The van der Waals surface area contributed by atoms with Crippen LogP contribution in [0.1, 0.15) is 6.92 Å². The zero-order chi connectivity index (χ0) is 18.5. The highest BCUT2D eigenvalue weighted by atomic mass is 35.5. The van der Waals surface area contributed by atoms with E-state index in [1.165, 1.54) is 6.92 Å². The Labute approximate surface area is 158 Å². The number of rotatable bonds is 6. The van der Waals surface area contributed by atoms with Crippen molar-refractivity contribution in [1.29, 1.82) is 0 Å². The summed E-state index contributed by atoms with van der Waals surface area (Å²) in [4.78, 5) is 28.3. The topological polar surface area (TPSA) is 81.4 Å².